The Balaban J connectivity index is 2.77. The molecule has 0 fully saturated rings. The standard InChI is InChI=1S/C15H21F3N4O/c1-10(2)8-20-9-14(23)13(21-22-19)7-11-4-3-5-12(6-11)15(16,17)18/h3-6,10,13-14,20,23H,7-9H2,1-2H3/t13-,14+/m0/s1. The fraction of sp³-hybridized carbons (Fsp3) is 0.600. The number of halogens is 3. The zero-order chi connectivity index (χ0) is 17.5. The Kier molecular flexibility index (Phi) is 7.35. The maximum absolute atomic E-state index is 12.7. The summed E-state index contributed by atoms with van der Waals surface area (Å²) in [5.74, 6) is 0.392. The van der Waals surface area contributed by atoms with E-state index in [1.165, 1.54) is 12.1 Å². The fourth-order valence-corrected chi connectivity index (χ4v) is 2.09. The highest BCUT2D eigenvalue weighted by atomic mass is 19.4. The quantitative estimate of drug-likeness (QED) is 0.434. The predicted octanol–water partition coefficient (Wildman–Crippen LogP) is 3.53. The molecule has 0 aliphatic rings. The number of hydrogen-bond acceptors (Lipinski definition) is 3. The van der Waals surface area contributed by atoms with Gasteiger partial charge >= 0.3 is 6.18 Å². The molecular weight excluding hydrogens is 309 g/mol. The Morgan fingerprint density at radius 2 is 2.00 bits per heavy atom. The summed E-state index contributed by atoms with van der Waals surface area (Å²) in [5, 5.41) is 16.6. The first-order valence-corrected chi connectivity index (χ1v) is 7.33. The number of azide groups is 1. The second-order valence-corrected chi connectivity index (χ2v) is 5.79. The second-order valence-electron chi connectivity index (χ2n) is 5.79. The van der Waals surface area contributed by atoms with Gasteiger partial charge in [-0.15, -0.1) is 0 Å². The van der Waals surface area contributed by atoms with E-state index in [1.807, 2.05) is 13.8 Å². The van der Waals surface area contributed by atoms with Crippen LogP contribution >= 0.6 is 0 Å². The molecule has 2 atom stereocenters. The van der Waals surface area contributed by atoms with E-state index in [0.29, 0.717) is 18.0 Å². The number of nitrogens with zero attached hydrogens (tertiary/aromatic N) is 3. The SMILES string of the molecule is CC(C)CNC[C@@H](O)[C@H](Cc1cccc(C(F)(F)F)c1)N=[N+]=[N-]. The van der Waals surface area contributed by atoms with E-state index in [1.54, 1.807) is 0 Å². The minimum absolute atomic E-state index is 0.0402. The van der Waals surface area contributed by atoms with Crippen molar-refractivity contribution in [2.24, 2.45) is 11.0 Å². The molecule has 0 aliphatic heterocycles. The summed E-state index contributed by atoms with van der Waals surface area (Å²) in [6, 6.07) is 3.97. The lowest BCUT2D eigenvalue weighted by molar-refractivity contribution is -0.137. The Morgan fingerprint density at radius 1 is 1.30 bits per heavy atom. The summed E-state index contributed by atoms with van der Waals surface area (Å²) in [5.41, 5.74) is 8.21. The summed E-state index contributed by atoms with van der Waals surface area (Å²) in [6.45, 7) is 4.91. The highest BCUT2D eigenvalue weighted by Gasteiger charge is 2.30. The first-order valence-electron chi connectivity index (χ1n) is 7.33. The van der Waals surface area contributed by atoms with Crippen LogP contribution in [0, 0.1) is 5.92 Å². The molecule has 0 spiro atoms. The third-order valence-electron chi connectivity index (χ3n) is 3.25. The van der Waals surface area contributed by atoms with Gasteiger partial charge in [-0.05, 0) is 36.0 Å². The molecule has 0 unspecified atom stereocenters. The van der Waals surface area contributed by atoms with E-state index in [-0.39, 0.29) is 13.0 Å². The summed E-state index contributed by atoms with van der Waals surface area (Å²) < 4.78 is 38.1. The maximum Gasteiger partial charge on any atom is 0.416 e. The first kappa shape index (κ1) is 19.3. The van der Waals surface area contributed by atoms with E-state index < -0.39 is 23.9 Å². The van der Waals surface area contributed by atoms with Crippen LogP contribution in [0.3, 0.4) is 0 Å². The van der Waals surface area contributed by atoms with Crippen LogP contribution in [0.25, 0.3) is 10.4 Å². The van der Waals surface area contributed by atoms with E-state index in [9.17, 15) is 18.3 Å². The van der Waals surface area contributed by atoms with Crippen molar-refractivity contribution in [2.75, 3.05) is 13.1 Å². The fourth-order valence-electron chi connectivity index (χ4n) is 2.09. The molecule has 0 heterocycles. The third kappa shape index (κ3) is 6.90. The number of alkyl halides is 3. The summed E-state index contributed by atoms with van der Waals surface area (Å²) in [4.78, 5) is 2.68. The van der Waals surface area contributed by atoms with E-state index in [4.69, 9.17) is 5.53 Å². The lowest BCUT2D eigenvalue weighted by Gasteiger charge is -2.20. The van der Waals surface area contributed by atoms with Crippen LogP contribution < -0.4 is 5.32 Å². The van der Waals surface area contributed by atoms with Gasteiger partial charge in [0, 0.05) is 11.5 Å². The van der Waals surface area contributed by atoms with Crippen molar-refractivity contribution in [3.05, 3.63) is 45.8 Å². The van der Waals surface area contributed by atoms with Crippen molar-refractivity contribution >= 4 is 0 Å². The van der Waals surface area contributed by atoms with Gasteiger partial charge < -0.3 is 10.4 Å². The second kappa shape index (κ2) is 8.76. The molecule has 0 saturated carbocycles. The lowest BCUT2D eigenvalue weighted by atomic mass is 10.00. The van der Waals surface area contributed by atoms with Crippen LogP contribution in [-0.2, 0) is 12.6 Å². The molecule has 5 nitrogen and oxygen atoms in total. The van der Waals surface area contributed by atoms with Gasteiger partial charge in [-0.2, -0.15) is 13.2 Å². The molecule has 1 aromatic rings. The minimum atomic E-state index is -4.43. The summed E-state index contributed by atoms with van der Waals surface area (Å²) in [7, 11) is 0. The van der Waals surface area contributed by atoms with Crippen LogP contribution in [0.5, 0.6) is 0 Å². The number of rotatable bonds is 8. The topological polar surface area (TPSA) is 81.0 Å². The van der Waals surface area contributed by atoms with Gasteiger partial charge in [0.1, 0.15) is 0 Å². The average molecular weight is 330 g/mol. The molecule has 0 amide bonds. The molecule has 8 heteroatoms. The van der Waals surface area contributed by atoms with Gasteiger partial charge in [0.05, 0.1) is 17.7 Å². The monoisotopic (exact) mass is 330 g/mol. The molecule has 1 rings (SSSR count). The Hall–Kier alpha value is -1.76. The first-order chi connectivity index (χ1) is 10.7. The third-order valence-corrected chi connectivity index (χ3v) is 3.25. The molecule has 2 N–H and O–H groups in total. The Bertz CT molecular complexity index is 542. The van der Waals surface area contributed by atoms with Crippen molar-refractivity contribution < 1.29 is 18.3 Å². The summed E-state index contributed by atoms with van der Waals surface area (Å²) >= 11 is 0. The number of hydrogen-bond donors (Lipinski definition) is 2. The highest BCUT2D eigenvalue weighted by Crippen LogP contribution is 2.30. The average Bonchev–Trinajstić information content (AvgIpc) is 2.45. The van der Waals surface area contributed by atoms with Gasteiger partial charge in [-0.1, -0.05) is 37.2 Å². The molecule has 0 aliphatic carbocycles. The molecule has 23 heavy (non-hydrogen) atoms. The molecular formula is C15H21F3N4O. The molecule has 0 saturated heterocycles. The maximum atomic E-state index is 12.7. The van der Waals surface area contributed by atoms with E-state index in [2.05, 4.69) is 15.3 Å². The zero-order valence-corrected chi connectivity index (χ0v) is 13.1. The Labute approximate surface area is 133 Å². The summed E-state index contributed by atoms with van der Waals surface area (Å²) in [6.07, 6.45) is -5.36. The van der Waals surface area contributed by atoms with Crippen LogP contribution in [0.4, 0.5) is 13.2 Å². The highest BCUT2D eigenvalue weighted by molar-refractivity contribution is 5.26. The van der Waals surface area contributed by atoms with Gasteiger partial charge in [0.2, 0.25) is 0 Å². The minimum Gasteiger partial charge on any atom is -0.391 e. The Morgan fingerprint density at radius 3 is 2.57 bits per heavy atom. The smallest absolute Gasteiger partial charge is 0.391 e. The normalized spacial score (nSPS) is 14.4. The van der Waals surface area contributed by atoms with Gasteiger partial charge in [0.25, 0.3) is 0 Å². The lowest BCUT2D eigenvalue weighted by Crippen LogP contribution is -2.37. The molecule has 0 aromatic heterocycles. The zero-order valence-electron chi connectivity index (χ0n) is 13.1. The van der Waals surface area contributed by atoms with Crippen molar-refractivity contribution in [1.82, 2.24) is 5.32 Å². The number of benzene rings is 1. The molecule has 0 bridgehead atoms. The van der Waals surface area contributed by atoms with Gasteiger partial charge in [-0.25, -0.2) is 0 Å². The van der Waals surface area contributed by atoms with Crippen LogP contribution in [0.15, 0.2) is 29.4 Å². The van der Waals surface area contributed by atoms with Gasteiger partial charge in [0.15, 0.2) is 0 Å². The number of aliphatic hydroxyl groups excluding tert-OH is 1. The van der Waals surface area contributed by atoms with Crippen molar-refractivity contribution in [2.45, 2.75) is 38.6 Å². The van der Waals surface area contributed by atoms with Crippen molar-refractivity contribution in [1.29, 1.82) is 0 Å². The van der Waals surface area contributed by atoms with Crippen molar-refractivity contribution in [3.63, 3.8) is 0 Å². The molecule has 128 valence electrons. The molecule has 1 aromatic carbocycles. The van der Waals surface area contributed by atoms with Crippen LogP contribution in [0.2, 0.25) is 0 Å². The predicted molar refractivity (Wildman–Crippen MR) is 81.8 cm³/mol. The van der Waals surface area contributed by atoms with Crippen LogP contribution in [0.1, 0.15) is 25.0 Å². The van der Waals surface area contributed by atoms with Crippen molar-refractivity contribution in [3.8, 4) is 0 Å². The van der Waals surface area contributed by atoms with Crippen LogP contribution in [-0.4, -0.2) is 30.3 Å². The van der Waals surface area contributed by atoms with Gasteiger partial charge in [-0.3, -0.25) is 0 Å². The van der Waals surface area contributed by atoms with E-state index >= 15 is 0 Å². The largest absolute Gasteiger partial charge is 0.416 e. The number of aliphatic hydroxyl groups is 1. The number of nitrogens with one attached hydrogen (secondary N) is 1. The van der Waals surface area contributed by atoms with E-state index in [0.717, 1.165) is 12.1 Å². The molecule has 0 radical (unpaired) electrons.